The Morgan fingerprint density at radius 2 is 1.59 bits per heavy atom. The molecule has 1 heterocycles. The minimum absolute atomic E-state index is 0. The fourth-order valence-corrected chi connectivity index (χ4v) is 3.74. The number of aromatic amines is 1. The van der Waals surface area contributed by atoms with Gasteiger partial charge in [-0.1, -0.05) is 29.8 Å². The van der Waals surface area contributed by atoms with Crippen molar-refractivity contribution in [3.05, 3.63) is 81.9 Å². The molecule has 37 heavy (non-hydrogen) atoms. The van der Waals surface area contributed by atoms with E-state index in [1.54, 1.807) is 37.2 Å². The number of aromatic nitrogens is 2. The van der Waals surface area contributed by atoms with E-state index < -0.39 is 29.1 Å². The first-order chi connectivity index (χ1) is 16.9. The lowest BCUT2D eigenvalue weighted by Crippen LogP contribution is -2.19. The van der Waals surface area contributed by atoms with Gasteiger partial charge in [-0.25, -0.2) is 4.98 Å². The summed E-state index contributed by atoms with van der Waals surface area (Å²) in [5, 5.41) is 5.69. The molecule has 0 radical (unpaired) electrons. The zero-order valence-electron chi connectivity index (χ0n) is 19.8. The topological polar surface area (TPSA) is 90.1 Å². The molecule has 0 fully saturated rings. The lowest BCUT2D eigenvalue weighted by molar-refractivity contribution is -0.137. The minimum Gasteiger partial charge on any atom is -0.349 e. The number of hydrogen-bond acceptors (Lipinski definition) is 4. The minimum atomic E-state index is -4.71. The van der Waals surface area contributed by atoms with Gasteiger partial charge in [0.25, 0.3) is 11.8 Å². The molecule has 7 nitrogen and oxygen atoms in total. The molecule has 0 spiro atoms. The lowest BCUT2D eigenvalue weighted by Gasteiger charge is -2.13. The number of benzene rings is 3. The van der Waals surface area contributed by atoms with E-state index in [-0.39, 0.29) is 23.7 Å². The maximum Gasteiger partial charge on any atom is 0.417 e. The van der Waals surface area contributed by atoms with Gasteiger partial charge in [-0.2, -0.15) is 13.2 Å². The van der Waals surface area contributed by atoms with Crippen LogP contribution < -0.4 is 15.5 Å². The number of fused-ring (bicyclic) bond motifs is 1. The number of carbonyl (C=O) groups is 2. The van der Waals surface area contributed by atoms with E-state index in [9.17, 15) is 22.8 Å². The van der Waals surface area contributed by atoms with Gasteiger partial charge in [-0.15, -0.1) is 12.4 Å². The number of amides is 2. The van der Waals surface area contributed by atoms with Gasteiger partial charge < -0.3 is 20.5 Å². The number of carbonyl (C=O) groups excluding carboxylic acids is 2. The molecule has 0 saturated heterocycles. The van der Waals surface area contributed by atoms with Gasteiger partial charge in [0, 0.05) is 30.5 Å². The van der Waals surface area contributed by atoms with E-state index in [0.717, 1.165) is 17.7 Å². The van der Waals surface area contributed by atoms with Crippen molar-refractivity contribution in [3.8, 4) is 0 Å². The van der Waals surface area contributed by atoms with Crippen molar-refractivity contribution in [2.45, 2.75) is 13.1 Å². The van der Waals surface area contributed by atoms with Crippen LogP contribution in [0.4, 0.5) is 30.5 Å². The molecule has 0 saturated carbocycles. The Balaban J connectivity index is 0.00000380. The number of hydrogen-bond donors (Lipinski definition) is 3. The smallest absolute Gasteiger partial charge is 0.349 e. The summed E-state index contributed by atoms with van der Waals surface area (Å²) in [6.45, 7) is 1.83. The lowest BCUT2D eigenvalue weighted by atomic mass is 10.1. The van der Waals surface area contributed by atoms with Gasteiger partial charge in [0.2, 0.25) is 5.95 Å². The SMILES string of the molecule is Cc1ccc(NC(=O)c2cc(NC(=O)c3ccccc3C(F)(F)F)cc3[nH]c(N(C)C)nc23)cc1Cl.Cl. The maximum atomic E-state index is 13.4. The molecule has 12 heteroatoms. The highest BCUT2D eigenvalue weighted by molar-refractivity contribution is 6.31. The fraction of sp³-hybridized carbons (Fsp3) is 0.160. The number of nitrogens with one attached hydrogen (secondary N) is 3. The normalized spacial score (nSPS) is 11.1. The van der Waals surface area contributed by atoms with E-state index in [1.165, 1.54) is 24.3 Å². The summed E-state index contributed by atoms with van der Waals surface area (Å²) in [5.41, 5.74) is 0.636. The first kappa shape index (κ1) is 27.8. The van der Waals surface area contributed by atoms with Crippen molar-refractivity contribution in [2.75, 3.05) is 29.6 Å². The fourth-order valence-electron chi connectivity index (χ4n) is 3.56. The second-order valence-electron chi connectivity index (χ2n) is 8.29. The highest BCUT2D eigenvalue weighted by atomic mass is 35.5. The molecule has 194 valence electrons. The summed E-state index contributed by atoms with van der Waals surface area (Å²) in [4.78, 5) is 35.2. The Labute approximate surface area is 221 Å². The predicted molar refractivity (Wildman–Crippen MR) is 141 cm³/mol. The Morgan fingerprint density at radius 3 is 2.24 bits per heavy atom. The molecule has 4 aromatic rings. The summed E-state index contributed by atoms with van der Waals surface area (Å²) in [7, 11) is 3.50. The molecular formula is C25H22Cl2F3N5O2. The van der Waals surface area contributed by atoms with Crippen LogP contribution in [0.2, 0.25) is 5.02 Å². The molecule has 0 aliphatic heterocycles. The average molecular weight is 552 g/mol. The van der Waals surface area contributed by atoms with Gasteiger partial charge in [0.05, 0.1) is 22.2 Å². The maximum absolute atomic E-state index is 13.4. The zero-order chi connectivity index (χ0) is 26.2. The van der Waals surface area contributed by atoms with Crippen molar-refractivity contribution in [1.82, 2.24) is 9.97 Å². The summed E-state index contributed by atoms with van der Waals surface area (Å²) < 4.78 is 40.2. The second kappa shape index (κ2) is 10.7. The monoisotopic (exact) mass is 551 g/mol. The van der Waals surface area contributed by atoms with E-state index in [0.29, 0.717) is 27.7 Å². The van der Waals surface area contributed by atoms with Crippen molar-refractivity contribution < 1.29 is 22.8 Å². The standard InChI is InChI=1S/C25H21ClF3N5O2.ClH/c1-13-8-9-14(11-19(13)26)30-23(36)17-10-15(12-20-21(17)33-24(32-20)34(2)3)31-22(35)16-6-4-5-7-18(16)25(27,28)29;/h4-12H,1-3H3,(H,30,36)(H,31,35)(H,32,33);1H. The highest BCUT2D eigenvalue weighted by Gasteiger charge is 2.35. The van der Waals surface area contributed by atoms with Crippen LogP contribution in [-0.2, 0) is 6.18 Å². The zero-order valence-corrected chi connectivity index (χ0v) is 21.4. The van der Waals surface area contributed by atoms with E-state index in [1.807, 2.05) is 6.92 Å². The first-order valence-electron chi connectivity index (χ1n) is 10.7. The molecule has 0 unspecified atom stereocenters. The Bertz CT molecular complexity index is 1490. The second-order valence-corrected chi connectivity index (χ2v) is 8.70. The van der Waals surface area contributed by atoms with Crippen molar-refractivity contribution in [1.29, 1.82) is 0 Å². The number of anilines is 3. The third kappa shape index (κ3) is 5.98. The summed E-state index contributed by atoms with van der Waals surface area (Å²) in [6, 6.07) is 12.4. The van der Waals surface area contributed by atoms with Crippen LogP contribution in [0.5, 0.6) is 0 Å². The van der Waals surface area contributed by atoms with Gasteiger partial charge in [-0.05, 0) is 48.9 Å². The van der Waals surface area contributed by atoms with E-state index in [2.05, 4.69) is 20.6 Å². The Kier molecular flexibility index (Phi) is 8.04. The molecule has 0 aliphatic carbocycles. The quantitative estimate of drug-likeness (QED) is 0.263. The van der Waals surface area contributed by atoms with E-state index in [4.69, 9.17) is 11.6 Å². The van der Waals surface area contributed by atoms with Gasteiger partial charge in [0.1, 0.15) is 5.52 Å². The number of nitrogens with zero attached hydrogens (tertiary/aromatic N) is 2. The number of rotatable bonds is 5. The molecule has 0 atom stereocenters. The summed E-state index contributed by atoms with van der Waals surface area (Å²) in [5.74, 6) is -1.06. The highest BCUT2D eigenvalue weighted by Crippen LogP contribution is 2.33. The molecule has 0 aliphatic rings. The molecule has 2 amide bonds. The number of halogens is 5. The van der Waals surface area contributed by atoms with Crippen LogP contribution in [0.1, 0.15) is 31.8 Å². The van der Waals surface area contributed by atoms with Gasteiger partial charge >= 0.3 is 6.18 Å². The number of aryl methyl sites for hydroxylation is 1. The molecule has 3 aromatic carbocycles. The number of H-pyrrole nitrogens is 1. The van der Waals surface area contributed by atoms with Crippen LogP contribution in [0.3, 0.4) is 0 Å². The number of imidazole rings is 1. The van der Waals surface area contributed by atoms with Crippen molar-refractivity contribution >= 4 is 64.2 Å². The summed E-state index contributed by atoms with van der Waals surface area (Å²) >= 11 is 6.16. The van der Waals surface area contributed by atoms with Gasteiger partial charge in [-0.3, -0.25) is 9.59 Å². The third-order valence-electron chi connectivity index (χ3n) is 5.41. The van der Waals surface area contributed by atoms with Gasteiger partial charge in [0.15, 0.2) is 0 Å². The van der Waals surface area contributed by atoms with Crippen LogP contribution in [0.15, 0.2) is 54.6 Å². The summed E-state index contributed by atoms with van der Waals surface area (Å²) in [6.07, 6.45) is -4.71. The largest absolute Gasteiger partial charge is 0.417 e. The van der Waals surface area contributed by atoms with E-state index >= 15 is 0 Å². The Hall–Kier alpha value is -3.76. The Morgan fingerprint density at radius 1 is 0.946 bits per heavy atom. The van der Waals surface area contributed by atoms with Crippen LogP contribution in [0, 0.1) is 6.92 Å². The van der Waals surface area contributed by atoms with Crippen LogP contribution in [0.25, 0.3) is 11.0 Å². The molecule has 0 bridgehead atoms. The third-order valence-corrected chi connectivity index (χ3v) is 5.81. The first-order valence-corrected chi connectivity index (χ1v) is 11.1. The van der Waals surface area contributed by atoms with Crippen molar-refractivity contribution in [3.63, 3.8) is 0 Å². The van der Waals surface area contributed by atoms with Crippen molar-refractivity contribution in [2.24, 2.45) is 0 Å². The molecule has 4 rings (SSSR count). The molecule has 3 N–H and O–H groups in total. The molecule has 1 aromatic heterocycles. The van der Waals surface area contributed by atoms with Crippen LogP contribution in [-0.4, -0.2) is 35.9 Å². The molecular weight excluding hydrogens is 530 g/mol. The van der Waals surface area contributed by atoms with Crippen LogP contribution >= 0.6 is 24.0 Å². The average Bonchev–Trinajstić information content (AvgIpc) is 3.25. The number of alkyl halides is 3. The predicted octanol–water partition coefficient (Wildman–Crippen LogP) is 6.54.